The Labute approximate surface area is 134 Å². The third-order valence-corrected chi connectivity index (χ3v) is 3.03. The van der Waals surface area contributed by atoms with E-state index in [1.807, 2.05) is 0 Å². The lowest BCUT2D eigenvalue weighted by atomic mass is 10.2. The first kappa shape index (κ1) is 16.4. The lowest BCUT2D eigenvalue weighted by Crippen LogP contribution is -2.12. The summed E-state index contributed by atoms with van der Waals surface area (Å²) in [6.07, 6.45) is 0. The summed E-state index contributed by atoms with van der Waals surface area (Å²) in [6.45, 7) is 1.30. The molecular formula is C17H17NO5. The number of amides is 1. The molecule has 1 N–H and O–H groups in total. The van der Waals surface area contributed by atoms with Gasteiger partial charge in [-0.05, 0) is 42.5 Å². The van der Waals surface area contributed by atoms with E-state index in [-0.39, 0.29) is 11.7 Å². The average molecular weight is 315 g/mol. The molecule has 23 heavy (non-hydrogen) atoms. The molecule has 0 saturated heterocycles. The van der Waals surface area contributed by atoms with E-state index in [1.54, 1.807) is 37.4 Å². The molecule has 1 amide bonds. The van der Waals surface area contributed by atoms with Gasteiger partial charge in [0.05, 0.1) is 14.2 Å². The molecule has 0 aliphatic heterocycles. The van der Waals surface area contributed by atoms with E-state index in [2.05, 4.69) is 5.32 Å². The Balaban J connectivity index is 2.16. The van der Waals surface area contributed by atoms with Crippen molar-refractivity contribution in [1.82, 2.24) is 0 Å². The summed E-state index contributed by atoms with van der Waals surface area (Å²) < 4.78 is 15.2. The fraction of sp³-hybridized carbons (Fsp3) is 0.176. The number of hydrogen-bond acceptors (Lipinski definition) is 5. The van der Waals surface area contributed by atoms with Crippen molar-refractivity contribution in [2.24, 2.45) is 0 Å². The van der Waals surface area contributed by atoms with Crippen molar-refractivity contribution < 1.29 is 23.8 Å². The summed E-state index contributed by atoms with van der Waals surface area (Å²) in [5.74, 6) is 0.514. The molecule has 0 heterocycles. The van der Waals surface area contributed by atoms with E-state index in [0.717, 1.165) is 0 Å². The highest BCUT2D eigenvalue weighted by Gasteiger charge is 2.12. The zero-order chi connectivity index (χ0) is 16.8. The van der Waals surface area contributed by atoms with E-state index in [9.17, 15) is 9.59 Å². The molecule has 0 bridgehead atoms. The Morgan fingerprint density at radius 2 is 1.61 bits per heavy atom. The number of carbonyl (C=O) groups excluding carboxylic acids is 2. The smallest absolute Gasteiger partial charge is 0.308 e. The van der Waals surface area contributed by atoms with Gasteiger partial charge < -0.3 is 19.5 Å². The summed E-state index contributed by atoms with van der Waals surface area (Å²) in [4.78, 5) is 23.3. The van der Waals surface area contributed by atoms with Gasteiger partial charge >= 0.3 is 5.97 Å². The molecule has 0 aromatic heterocycles. The Kier molecular flexibility index (Phi) is 5.19. The Bertz CT molecular complexity index is 709. The van der Waals surface area contributed by atoms with Crippen molar-refractivity contribution in [1.29, 1.82) is 0 Å². The van der Waals surface area contributed by atoms with Crippen molar-refractivity contribution in [2.45, 2.75) is 6.92 Å². The molecule has 0 aliphatic carbocycles. The van der Waals surface area contributed by atoms with Crippen LogP contribution in [0.3, 0.4) is 0 Å². The maximum atomic E-state index is 12.3. The molecule has 2 aromatic rings. The lowest BCUT2D eigenvalue weighted by Gasteiger charge is -2.10. The van der Waals surface area contributed by atoms with Crippen molar-refractivity contribution in [2.75, 3.05) is 19.5 Å². The molecule has 0 aliphatic rings. The van der Waals surface area contributed by atoms with E-state index in [4.69, 9.17) is 14.2 Å². The number of methoxy groups -OCH3 is 2. The number of hydrogen-bond donors (Lipinski definition) is 1. The fourth-order valence-corrected chi connectivity index (χ4v) is 1.93. The second-order valence-electron chi connectivity index (χ2n) is 4.64. The molecule has 120 valence electrons. The first-order valence-electron chi connectivity index (χ1n) is 6.85. The van der Waals surface area contributed by atoms with Crippen LogP contribution in [0, 0.1) is 0 Å². The maximum Gasteiger partial charge on any atom is 0.308 e. The summed E-state index contributed by atoms with van der Waals surface area (Å²) in [5, 5.41) is 2.76. The van der Waals surface area contributed by atoms with Gasteiger partial charge in [-0.2, -0.15) is 0 Å². The number of ether oxygens (including phenoxy) is 3. The van der Waals surface area contributed by atoms with Crippen LogP contribution in [-0.4, -0.2) is 26.1 Å². The third kappa shape index (κ3) is 4.23. The minimum atomic E-state index is -0.460. The van der Waals surface area contributed by atoms with Gasteiger partial charge in [-0.3, -0.25) is 9.59 Å². The molecule has 6 nitrogen and oxygen atoms in total. The molecule has 2 aromatic carbocycles. The van der Waals surface area contributed by atoms with Crippen LogP contribution in [-0.2, 0) is 4.79 Å². The SMILES string of the molecule is COc1ccc(NC(=O)c2ccc(OC(C)=O)c(OC)c2)cc1. The number of nitrogens with one attached hydrogen (secondary N) is 1. The van der Waals surface area contributed by atoms with Crippen LogP contribution in [0.25, 0.3) is 0 Å². The van der Waals surface area contributed by atoms with Gasteiger partial charge in [-0.1, -0.05) is 0 Å². The highest BCUT2D eigenvalue weighted by molar-refractivity contribution is 6.04. The average Bonchev–Trinajstić information content (AvgIpc) is 2.55. The molecular weight excluding hydrogens is 298 g/mol. The van der Waals surface area contributed by atoms with Gasteiger partial charge in [-0.25, -0.2) is 0 Å². The Morgan fingerprint density at radius 1 is 0.913 bits per heavy atom. The zero-order valence-electron chi connectivity index (χ0n) is 13.1. The van der Waals surface area contributed by atoms with Crippen LogP contribution in [0.15, 0.2) is 42.5 Å². The standard InChI is InChI=1S/C17H17NO5/c1-11(19)23-15-9-4-12(10-16(15)22-3)17(20)18-13-5-7-14(21-2)8-6-13/h4-10H,1-3H3,(H,18,20). The topological polar surface area (TPSA) is 73.9 Å². The summed E-state index contributed by atoms with van der Waals surface area (Å²) in [7, 11) is 3.01. The number of benzene rings is 2. The van der Waals surface area contributed by atoms with E-state index < -0.39 is 5.97 Å². The highest BCUT2D eigenvalue weighted by Crippen LogP contribution is 2.28. The van der Waals surface area contributed by atoms with E-state index in [0.29, 0.717) is 22.7 Å². The molecule has 0 atom stereocenters. The molecule has 0 saturated carbocycles. The minimum Gasteiger partial charge on any atom is -0.497 e. The summed E-state index contributed by atoms with van der Waals surface area (Å²) in [6, 6.07) is 11.6. The second kappa shape index (κ2) is 7.31. The number of rotatable bonds is 5. The Hall–Kier alpha value is -3.02. The van der Waals surface area contributed by atoms with Gasteiger partial charge in [0.2, 0.25) is 0 Å². The first-order chi connectivity index (χ1) is 11.0. The normalized spacial score (nSPS) is 9.87. The maximum absolute atomic E-state index is 12.3. The van der Waals surface area contributed by atoms with Crippen LogP contribution in [0.1, 0.15) is 17.3 Å². The largest absolute Gasteiger partial charge is 0.497 e. The zero-order valence-corrected chi connectivity index (χ0v) is 13.1. The first-order valence-corrected chi connectivity index (χ1v) is 6.85. The van der Waals surface area contributed by atoms with Crippen molar-refractivity contribution in [3.63, 3.8) is 0 Å². The molecule has 0 fully saturated rings. The second-order valence-corrected chi connectivity index (χ2v) is 4.64. The predicted molar refractivity (Wildman–Crippen MR) is 85.3 cm³/mol. The molecule has 2 rings (SSSR count). The molecule has 0 unspecified atom stereocenters. The lowest BCUT2D eigenvalue weighted by molar-refractivity contribution is -0.132. The number of carbonyl (C=O) groups is 2. The summed E-state index contributed by atoms with van der Waals surface area (Å²) >= 11 is 0. The number of anilines is 1. The predicted octanol–water partition coefficient (Wildman–Crippen LogP) is 2.88. The highest BCUT2D eigenvalue weighted by atomic mass is 16.6. The van der Waals surface area contributed by atoms with Crippen LogP contribution in [0.2, 0.25) is 0 Å². The molecule has 0 spiro atoms. The van der Waals surface area contributed by atoms with Crippen LogP contribution < -0.4 is 19.5 Å². The molecule has 0 radical (unpaired) electrons. The molecule has 6 heteroatoms. The van der Waals surface area contributed by atoms with Crippen molar-refractivity contribution in [3.8, 4) is 17.2 Å². The van der Waals surface area contributed by atoms with Gasteiger partial charge in [0.1, 0.15) is 5.75 Å². The van der Waals surface area contributed by atoms with Gasteiger partial charge in [-0.15, -0.1) is 0 Å². The van der Waals surface area contributed by atoms with Crippen LogP contribution in [0.5, 0.6) is 17.2 Å². The monoisotopic (exact) mass is 315 g/mol. The summed E-state index contributed by atoms with van der Waals surface area (Å²) in [5.41, 5.74) is 1.02. The Morgan fingerprint density at radius 3 is 2.17 bits per heavy atom. The van der Waals surface area contributed by atoms with Crippen molar-refractivity contribution in [3.05, 3.63) is 48.0 Å². The van der Waals surface area contributed by atoms with Gasteiger partial charge in [0.15, 0.2) is 11.5 Å². The number of esters is 1. The van der Waals surface area contributed by atoms with Crippen LogP contribution in [0.4, 0.5) is 5.69 Å². The quantitative estimate of drug-likeness (QED) is 0.678. The fourth-order valence-electron chi connectivity index (χ4n) is 1.93. The van der Waals surface area contributed by atoms with E-state index >= 15 is 0 Å². The van der Waals surface area contributed by atoms with E-state index in [1.165, 1.54) is 26.2 Å². The third-order valence-electron chi connectivity index (χ3n) is 3.03. The van der Waals surface area contributed by atoms with Gasteiger partial charge in [0, 0.05) is 18.2 Å². The van der Waals surface area contributed by atoms with Crippen LogP contribution >= 0.6 is 0 Å². The van der Waals surface area contributed by atoms with Crippen molar-refractivity contribution >= 4 is 17.6 Å². The minimum absolute atomic E-state index is 0.265. The van der Waals surface area contributed by atoms with Gasteiger partial charge in [0.25, 0.3) is 5.91 Å².